The first-order valence-electron chi connectivity index (χ1n) is 19.4. The number of ether oxygens (including phenoxy) is 3. The van der Waals surface area contributed by atoms with Crippen LogP contribution in [0, 0.1) is 33.7 Å². The molecule has 2 aliphatic rings. The number of hydrogen-bond acceptors (Lipinski definition) is 10. The van der Waals surface area contributed by atoms with E-state index in [0.29, 0.717) is 25.1 Å². The van der Waals surface area contributed by atoms with Gasteiger partial charge in [-0.25, -0.2) is 14.0 Å². The Balaban J connectivity index is 1.16. The van der Waals surface area contributed by atoms with E-state index >= 15 is 4.39 Å². The highest BCUT2D eigenvalue weighted by atomic mass is 19.1. The second kappa shape index (κ2) is 18.4. The van der Waals surface area contributed by atoms with E-state index in [1.165, 1.54) is 23.1 Å². The number of ketones is 1. The lowest BCUT2D eigenvalue weighted by molar-refractivity contribution is -0.384. The van der Waals surface area contributed by atoms with Gasteiger partial charge in [0.15, 0.2) is 23.1 Å². The molecule has 0 unspecified atom stereocenters. The number of amides is 1. The van der Waals surface area contributed by atoms with Crippen LogP contribution in [0.5, 0.6) is 11.5 Å². The van der Waals surface area contributed by atoms with Crippen molar-refractivity contribution in [1.29, 1.82) is 0 Å². The lowest BCUT2D eigenvalue weighted by Crippen LogP contribution is -2.62. The minimum absolute atomic E-state index is 0.0111. The summed E-state index contributed by atoms with van der Waals surface area (Å²) >= 11 is 0. The molecule has 3 atom stereocenters. The largest absolute Gasteiger partial charge is 0.485 e. The Morgan fingerprint density at radius 2 is 1.50 bits per heavy atom. The first-order chi connectivity index (χ1) is 27.9. The Bertz CT molecular complexity index is 2190. The van der Waals surface area contributed by atoms with Crippen LogP contribution >= 0.6 is 0 Å². The SMILES string of the molecule is CCN(CCCC(=O)c1ccc(OCc2ccccc2)c(OCc2ccccc2)c1F)CC1=C(C(=O)OC(=O)c2ccc([N+](=O)[O-])cc2)N2C(=O)[C@H](C(C)C)[C@H]2[C@H]1C. The van der Waals surface area contributed by atoms with Gasteiger partial charge in [-0.1, -0.05) is 88.4 Å². The van der Waals surface area contributed by atoms with Crippen LogP contribution in [0.3, 0.4) is 0 Å². The van der Waals surface area contributed by atoms with E-state index in [1.54, 1.807) is 6.07 Å². The average Bonchev–Trinajstić information content (AvgIpc) is 3.46. The molecule has 0 aliphatic carbocycles. The second-order valence-corrected chi connectivity index (χ2v) is 14.8. The number of benzene rings is 4. The molecule has 2 aliphatic heterocycles. The molecule has 0 saturated carbocycles. The number of β-lactam (4-membered cyclic amide) rings is 1. The zero-order valence-corrected chi connectivity index (χ0v) is 32.9. The molecule has 1 fully saturated rings. The van der Waals surface area contributed by atoms with Gasteiger partial charge < -0.3 is 19.1 Å². The van der Waals surface area contributed by atoms with Crippen LogP contribution in [-0.2, 0) is 27.5 Å². The molecule has 0 N–H and O–H groups in total. The number of nitro groups is 1. The topological polar surface area (TPSA) is 146 Å². The van der Waals surface area contributed by atoms with Crippen LogP contribution in [0.15, 0.2) is 108 Å². The molecule has 302 valence electrons. The lowest BCUT2D eigenvalue weighted by atomic mass is 9.74. The number of Topliss-reactive ketones (excluding diaryl/α,β-unsaturated/α-hetero) is 1. The zero-order valence-electron chi connectivity index (χ0n) is 32.9. The fourth-order valence-corrected chi connectivity index (χ4v) is 7.60. The van der Waals surface area contributed by atoms with Crippen molar-refractivity contribution in [3.8, 4) is 11.5 Å². The van der Waals surface area contributed by atoms with Gasteiger partial charge in [0.05, 0.1) is 28.0 Å². The third-order valence-corrected chi connectivity index (χ3v) is 10.8. The summed E-state index contributed by atoms with van der Waals surface area (Å²) in [6.45, 7) is 9.21. The summed E-state index contributed by atoms with van der Waals surface area (Å²) in [6, 6.07) is 26.1. The van der Waals surface area contributed by atoms with Gasteiger partial charge in [-0.15, -0.1) is 0 Å². The van der Waals surface area contributed by atoms with Crippen molar-refractivity contribution < 1.29 is 42.7 Å². The maximum Gasteiger partial charge on any atom is 0.362 e. The van der Waals surface area contributed by atoms with Crippen molar-refractivity contribution in [3.63, 3.8) is 0 Å². The molecule has 0 radical (unpaired) electrons. The monoisotopic (exact) mass is 791 g/mol. The van der Waals surface area contributed by atoms with E-state index in [4.69, 9.17) is 14.2 Å². The number of carbonyl (C=O) groups is 4. The van der Waals surface area contributed by atoms with Crippen LogP contribution in [-0.4, -0.2) is 64.0 Å². The second-order valence-electron chi connectivity index (χ2n) is 14.8. The summed E-state index contributed by atoms with van der Waals surface area (Å²) in [4.78, 5) is 67.6. The van der Waals surface area contributed by atoms with Gasteiger partial charge >= 0.3 is 11.9 Å². The van der Waals surface area contributed by atoms with E-state index in [1.807, 2.05) is 93.3 Å². The number of non-ortho nitro benzene ring substituents is 1. The molecule has 2 heterocycles. The molecule has 6 rings (SSSR count). The molecule has 1 saturated heterocycles. The number of carbonyl (C=O) groups excluding carboxylic acids is 4. The minimum atomic E-state index is -1.00. The molecule has 4 aromatic carbocycles. The number of nitro benzene ring substituents is 1. The quantitative estimate of drug-likeness (QED) is 0.0243. The molecule has 13 heteroatoms. The third-order valence-electron chi connectivity index (χ3n) is 10.8. The number of esters is 2. The van der Waals surface area contributed by atoms with Crippen molar-refractivity contribution in [1.82, 2.24) is 9.80 Å². The third kappa shape index (κ3) is 8.99. The number of likely N-dealkylation sites (N-methyl/N-ethyl adjacent to an activating group) is 1. The van der Waals surface area contributed by atoms with E-state index in [-0.39, 0.29) is 89.9 Å². The summed E-state index contributed by atoms with van der Waals surface area (Å²) < 4.78 is 33.4. The van der Waals surface area contributed by atoms with Gasteiger partial charge in [-0.05, 0) is 66.4 Å². The Morgan fingerprint density at radius 1 is 0.879 bits per heavy atom. The molecule has 0 spiro atoms. The molecule has 58 heavy (non-hydrogen) atoms. The molecule has 4 aromatic rings. The lowest BCUT2D eigenvalue weighted by Gasteiger charge is -2.47. The first kappa shape index (κ1) is 41.4. The number of hydrogen-bond donors (Lipinski definition) is 0. The van der Waals surface area contributed by atoms with Gasteiger partial charge in [-0.3, -0.25) is 24.6 Å². The summed E-state index contributed by atoms with van der Waals surface area (Å²) in [7, 11) is 0. The van der Waals surface area contributed by atoms with Gasteiger partial charge in [-0.2, -0.15) is 0 Å². The maximum atomic E-state index is 16.2. The molecule has 0 aromatic heterocycles. The summed E-state index contributed by atoms with van der Waals surface area (Å²) in [5.41, 5.74) is 1.96. The molecule has 12 nitrogen and oxygen atoms in total. The molecule has 1 amide bonds. The summed E-state index contributed by atoms with van der Waals surface area (Å²) in [6.07, 6.45) is 0.380. The van der Waals surface area contributed by atoms with Crippen LogP contribution in [0.4, 0.5) is 10.1 Å². The smallest absolute Gasteiger partial charge is 0.362 e. The number of halogens is 1. The predicted octanol–water partition coefficient (Wildman–Crippen LogP) is 7.95. The van der Waals surface area contributed by atoms with Crippen LogP contribution < -0.4 is 9.47 Å². The van der Waals surface area contributed by atoms with Crippen LogP contribution in [0.25, 0.3) is 0 Å². The number of rotatable bonds is 18. The van der Waals surface area contributed by atoms with E-state index in [0.717, 1.165) is 23.3 Å². The highest BCUT2D eigenvalue weighted by Gasteiger charge is 2.59. The molecular weight excluding hydrogens is 746 g/mol. The molecule has 0 bridgehead atoms. The van der Waals surface area contributed by atoms with Crippen LogP contribution in [0.2, 0.25) is 0 Å². The van der Waals surface area contributed by atoms with E-state index in [2.05, 4.69) is 0 Å². The Hall–Kier alpha value is -6.21. The van der Waals surface area contributed by atoms with E-state index < -0.39 is 28.5 Å². The fraction of sp³-hybridized carbons (Fsp3) is 0.333. The maximum absolute atomic E-state index is 16.2. The zero-order chi connectivity index (χ0) is 41.5. The van der Waals surface area contributed by atoms with Crippen LogP contribution in [0.1, 0.15) is 72.4 Å². The average molecular weight is 792 g/mol. The number of nitrogens with zero attached hydrogens (tertiary/aromatic N) is 3. The first-order valence-corrected chi connectivity index (χ1v) is 19.4. The Kier molecular flexibility index (Phi) is 13.1. The van der Waals surface area contributed by atoms with E-state index in [9.17, 15) is 29.3 Å². The van der Waals surface area contributed by atoms with Crippen molar-refractivity contribution in [2.24, 2.45) is 17.8 Å². The van der Waals surface area contributed by atoms with Crippen molar-refractivity contribution in [2.45, 2.75) is 59.8 Å². The van der Waals surface area contributed by atoms with Gasteiger partial charge in [0.2, 0.25) is 5.91 Å². The predicted molar refractivity (Wildman–Crippen MR) is 212 cm³/mol. The highest BCUT2D eigenvalue weighted by molar-refractivity contribution is 6.06. The van der Waals surface area contributed by atoms with Crippen molar-refractivity contribution in [2.75, 3.05) is 19.6 Å². The van der Waals surface area contributed by atoms with Gasteiger partial charge in [0.25, 0.3) is 5.69 Å². The summed E-state index contributed by atoms with van der Waals surface area (Å²) in [5.74, 6) is -3.93. The van der Waals surface area contributed by atoms with Crippen molar-refractivity contribution in [3.05, 3.63) is 147 Å². The van der Waals surface area contributed by atoms with Gasteiger partial charge in [0.1, 0.15) is 18.9 Å². The van der Waals surface area contributed by atoms with Gasteiger partial charge in [0, 0.05) is 31.0 Å². The molecular formula is C45H46FN3O9. The summed E-state index contributed by atoms with van der Waals surface area (Å²) in [5, 5.41) is 11.1. The standard InChI is InChI=1S/C45H46FN3O9/c1-5-47(25-35-29(4)40-38(28(2)3)43(51)48(40)41(35)45(53)58-44(52)32-18-20-33(21-19-32)49(54)55)24-12-17-36(50)34-22-23-37(56-26-30-13-8-6-9-14-30)42(39(34)46)57-27-31-15-10-7-11-16-31/h6-11,13-16,18-23,28-29,38,40H,5,12,17,24-27H2,1-4H3/t29-,38+,40+/m0/s1. The minimum Gasteiger partial charge on any atom is -0.485 e. The number of fused-ring (bicyclic) bond motifs is 1. The Labute approximate surface area is 336 Å². The fourth-order valence-electron chi connectivity index (χ4n) is 7.60. The van der Waals surface area contributed by atoms with Crippen molar-refractivity contribution >= 4 is 29.3 Å². The Morgan fingerprint density at radius 3 is 2.09 bits per heavy atom. The normalized spacial score (nSPS) is 17.3. The highest BCUT2D eigenvalue weighted by Crippen LogP contribution is 2.49.